The fourth-order valence-corrected chi connectivity index (χ4v) is 12.9. The first-order valence-electron chi connectivity index (χ1n) is 5.83. The predicted molar refractivity (Wildman–Crippen MR) is 77.1 cm³/mol. The van der Waals surface area contributed by atoms with Crippen LogP contribution in [-0.2, 0) is 13.0 Å². The highest BCUT2D eigenvalue weighted by atomic mass is 28.5. The summed E-state index contributed by atoms with van der Waals surface area (Å²) in [6, 6.07) is 0. The average molecular weight is 281 g/mol. The van der Waals surface area contributed by atoms with Gasteiger partial charge in [-0.05, 0) is 53.1 Å². The molecule has 3 nitrogen and oxygen atoms in total. The molecule has 0 spiro atoms. The lowest BCUT2D eigenvalue weighted by molar-refractivity contribution is 0.0775. The summed E-state index contributed by atoms with van der Waals surface area (Å²) >= 11 is 0. The van der Waals surface area contributed by atoms with Crippen molar-refractivity contribution in [3.05, 3.63) is 0 Å². The summed E-state index contributed by atoms with van der Waals surface area (Å²) in [5, 5.41) is -0.132. The summed E-state index contributed by atoms with van der Waals surface area (Å²) in [4.78, 5) is 0. The van der Waals surface area contributed by atoms with E-state index in [0.717, 1.165) is 0 Å². The van der Waals surface area contributed by atoms with Crippen molar-refractivity contribution in [3.63, 3.8) is 0 Å². The standard InChI is InChI=1S/C10H28O3Si3/c1-10(2,11-3)14(4)12-16(8,9)13-15(5,6)7/h14H,1-9H3. The van der Waals surface area contributed by atoms with Gasteiger partial charge in [0.25, 0.3) is 0 Å². The minimum absolute atomic E-state index is 0.132. The molecule has 0 aromatic carbocycles. The lowest BCUT2D eigenvalue weighted by Crippen LogP contribution is -2.53. The lowest BCUT2D eigenvalue weighted by Gasteiger charge is -2.37. The second kappa shape index (κ2) is 5.45. The Morgan fingerprint density at radius 1 is 1.00 bits per heavy atom. The van der Waals surface area contributed by atoms with Crippen molar-refractivity contribution in [2.45, 2.75) is 58.4 Å². The van der Waals surface area contributed by atoms with Gasteiger partial charge >= 0.3 is 8.56 Å². The van der Waals surface area contributed by atoms with Crippen LogP contribution in [0.15, 0.2) is 0 Å². The van der Waals surface area contributed by atoms with E-state index in [1.165, 1.54) is 0 Å². The smallest absolute Gasteiger partial charge is 0.311 e. The Labute approximate surface area is 105 Å². The van der Waals surface area contributed by atoms with Crippen molar-refractivity contribution >= 4 is 25.9 Å². The Bertz CT molecular complexity index is 224. The first kappa shape index (κ1) is 16.5. The number of methoxy groups -OCH3 is 1. The van der Waals surface area contributed by atoms with Crippen LogP contribution in [0.25, 0.3) is 0 Å². The van der Waals surface area contributed by atoms with Crippen molar-refractivity contribution in [3.8, 4) is 0 Å². The van der Waals surface area contributed by atoms with Crippen LogP contribution in [0.1, 0.15) is 13.8 Å². The van der Waals surface area contributed by atoms with E-state index < -0.39 is 25.9 Å². The maximum absolute atomic E-state index is 6.23. The average Bonchev–Trinajstić information content (AvgIpc) is 1.98. The summed E-state index contributed by atoms with van der Waals surface area (Å²) in [6.07, 6.45) is 0. The fourth-order valence-electron chi connectivity index (χ4n) is 1.50. The van der Waals surface area contributed by atoms with E-state index in [2.05, 4.69) is 53.1 Å². The van der Waals surface area contributed by atoms with Gasteiger partial charge in [-0.25, -0.2) is 0 Å². The van der Waals surface area contributed by atoms with Crippen LogP contribution in [0.3, 0.4) is 0 Å². The number of hydrogen-bond acceptors (Lipinski definition) is 3. The van der Waals surface area contributed by atoms with Gasteiger partial charge in [0.1, 0.15) is 0 Å². The third-order valence-corrected chi connectivity index (χ3v) is 12.8. The molecule has 0 aliphatic heterocycles. The van der Waals surface area contributed by atoms with Crippen LogP contribution < -0.4 is 0 Å². The van der Waals surface area contributed by atoms with Crippen LogP contribution in [-0.4, -0.2) is 38.3 Å². The molecule has 16 heavy (non-hydrogen) atoms. The zero-order valence-corrected chi connectivity index (χ0v) is 15.5. The van der Waals surface area contributed by atoms with Crippen molar-refractivity contribution in [2.24, 2.45) is 0 Å². The Morgan fingerprint density at radius 2 is 1.44 bits per heavy atom. The third-order valence-electron chi connectivity index (χ3n) is 2.52. The Morgan fingerprint density at radius 3 is 1.75 bits per heavy atom. The minimum atomic E-state index is -1.98. The van der Waals surface area contributed by atoms with Gasteiger partial charge in [0.15, 0.2) is 17.4 Å². The highest BCUT2D eigenvalue weighted by Crippen LogP contribution is 2.21. The first-order valence-corrected chi connectivity index (χ1v) is 14.3. The van der Waals surface area contributed by atoms with Gasteiger partial charge in [-0.2, -0.15) is 0 Å². The molecular weight excluding hydrogens is 252 g/mol. The molecule has 0 rings (SSSR count). The van der Waals surface area contributed by atoms with Gasteiger partial charge in [-0.1, -0.05) is 0 Å². The van der Waals surface area contributed by atoms with Crippen LogP contribution in [0.4, 0.5) is 0 Å². The van der Waals surface area contributed by atoms with Crippen molar-refractivity contribution in [1.29, 1.82) is 0 Å². The highest BCUT2D eigenvalue weighted by molar-refractivity contribution is 6.84. The molecule has 0 aromatic rings. The largest absolute Gasteiger partial charge is 0.437 e. The van der Waals surface area contributed by atoms with Crippen LogP contribution in [0.2, 0.25) is 39.3 Å². The zero-order valence-electron chi connectivity index (χ0n) is 12.3. The van der Waals surface area contributed by atoms with Gasteiger partial charge in [-0.15, -0.1) is 0 Å². The molecule has 6 heteroatoms. The first-order chi connectivity index (χ1) is 6.90. The quantitative estimate of drug-likeness (QED) is 0.700. The summed E-state index contributed by atoms with van der Waals surface area (Å²) in [5.74, 6) is 0. The van der Waals surface area contributed by atoms with E-state index >= 15 is 0 Å². The normalized spacial score (nSPS) is 16.3. The number of hydrogen-bond donors (Lipinski definition) is 0. The SMILES string of the molecule is COC(C)(C)[SiH](C)O[Si](C)(C)O[Si](C)(C)C. The van der Waals surface area contributed by atoms with E-state index in [1.54, 1.807) is 7.11 Å². The molecule has 0 amide bonds. The lowest BCUT2D eigenvalue weighted by atomic mass is 10.5. The van der Waals surface area contributed by atoms with Gasteiger partial charge in [0, 0.05) is 7.11 Å². The number of rotatable bonds is 6. The fraction of sp³-hybridized carbons (Fsp3) is 1.00. The van der Waals surface area contributed by atoms with Crippen molar-refractivity contribution in [2.75, 3.05) is 7.11 Å². The molecule has 0 radical (unpaired) electrons. The monoisotopic (exact) mass is 280 g/mol. The van der Waals surface area contributed by atoms with Crippen molar-refractivity contribution in [1.82, 2.24) is 0 Å². The van der Waals surface area contributed by atoms with Crippen LogP contribution >= 0.6 is 0 Å². The van der Waals surface area contributed by atoms with E-state index in [-0.39, 0.29) is 5.22 Å². The second-order valence-corrected chi connectivity index (χ2v) is 17.6. The Hall–Kier alpha value is 0.531. The summed E-state index contributed by atoms with van der Waals surface area (Å²) < 4.78 is 17.9. The van der Waals surface area contributed by atoms with E-state index in [0.29, 0.717) is 0 Å². The summed E-state index contributed by atoms with van der Waals surface area (Å²) in [5.41, 5.74) is 0. The topological polar surface area (TPSA) is 27.7 Å². The van der Waals surface area contributed by atoms with Gasteiger partial charge in [0.2, 0.25) is 0 Å². The molecule has 0 saturated carbocycles. The molecule has 1 unspecified atom stereocenters. The molecular formula is C10H28O3Si3. The molecule has 0 N–H and O–H groups in total. The molecule has 0 aromatic heterocycles. The maximum Gasteiger partial charge on any atom is 0.311 e. The third kappa shape index (κ3) is 6.31. The van der Waals surface area contributed by atoms with E-state index in [9.17, 15) is 0 Å². The molecule has 0 bridgehead atoms. The molecule has 0 fully saturated rings. The zero-order chi connectivity index (χ0) is 13.2. The summed E-state index contributed by atoms with van der Waals surface area (Å²) in [6.45, 7) is 17.3. The van der Waals surface area contributed by atoms with Gasteiger partial charge in [-0.3, -0.25) is 0 Å². The Balaban J connectivity index is 4.48. The minimum Gasteiger partial charge on any atom is -0.437 e. The summed E-state index contributed by atoms with van der Waals surface area (Å²) in [7, 11) is -3.13. The molecule has 98 valence electrons. The van der Waals surface area contributed by atoms with E-state index in [1.807, 2.05) is 0 Å². The number of ether oxygens (including phenoxy) is 1. The molecule has 0 aliphatic carbocycles. The van der Waals surface area contributed by atoms with Crippen LogP contribution in [0, 0.1) is 0 Å². The van der Waals surface area contributed by atoms with Gasteiger partial charge < -0.3 is 13.0 Å². The van der Waals surface area contributed by atoms with Crippen LogP contribution in [0.5, 0.6) is 0 Å². The van der Waals surface area contributed by atoms with Gasteiger partial charge in [0.05, 0.1) is 5.22 Å². The van der Waals surface area contributed by atoms with E-state index in [4.69, 9.17) is 13.0 Å². The predicted octanol–water partition coefficient (Wildman–Crippen LogP) is 2.87. The maximum atomic E-state index is 6.23. The molecule has 1 atom stereocenters. The second-order valence-electron chi connectivity index (χ2n) is 6.18. The Kier molecular flexibility index (Phi) is 5.63. The highest BCUT2D eigenvalue weighted by Gasteiger charge is 2.38. The molecule has 0 heterocycles. The molecule has 0 aliphatic rings. The van der Waals surface area contributed by atoms with Crippen molar-refractivity contribution < 1.29 is 13.0 Å². The molecule has 0 saturated heterocycles.